The topological polar surface area (TPSA) is 43.7 Å². The van der Waals surface area contributed by atoms with Crippen LogP contribution in [0.3, 0.4) is 0 Å². The minimum absolute atomic E-state index is 0.0663. The molecule has 0 heterocycles. The Balaban J connectivity index is 1.75. The fourth-order valence-corrected chi connectivity index (χ4v) is 3.88. The normalized spacial score (nSPS) is 11.1. The maximum Gasteiger partial charge on any atom is 0.124 e. The number of nitrogens with zero attached hydrogens (tertiary/aromatic N) is 1. The molecule has 5 aromatic rings. The minimum atomic E-state index is 0.0663. The van der Waals surface area contributed by atoms with Crippen molar-refractivity contribution in [3.8, 4) is 11.5 Å². The molecule has 0 saturated heterocycles. The van der Waals surface area contributed by atoms with Gasteiger partial charge in [-0.25, -0.2) is 0 Å². The summed E-state index contributed by atoms with van der Waals surface area (Å²) in [5.41, 5.74) is 3.06. The van der Waals surface area contributed by atoms with Crippen molar-refractivity contribution in [1.82, 2.24) is 0 Å². The molecular weight excluding hydrogens is 370 g/mol. The van der Waals surface area contributed by atoms with Crippen LogP contribution >= 0.6 is 0 Å². The lowest BCUT2D eigenvalue weighted by Gasteiger charge is -2.27. The average molecular weight is 391 g/mol. The van der Waals surface area contributed by atoms with Crippen LogP contribution in [0.15, 0.2) is 97.1 Å². The van der Waals surface area contributed by atoms with Crippen LogP contribution < -0.4 is 4.90 Å². The first-order valence-corrected chi connectivity index (χ1v) is 9.90. The molecule has 5 rings (SSSR count). The summed E-state index contributed by atoms with van der Waals surface area (Å²) < 4.78 is 0. The van der Waals surface area contributed by atoms with E-state index < -0.39 is 0 Å². The molecule has 0 radical (unpaired) electrons. The fraction of sp³-hybridized carbons (Fsp3) is 0.0370. The molecule has 0 bridgehead atoms. The molecule has 0 aromatic heterocycles. The first kappa shape index (κ1) is 18.1. The third-order valence-electron chi connectivity index (χ3n) is 5.58. The first-order chi connectivity index (χ1) is 14.6. The lowest BCUT2D eigenvalue weighted by atomic mass is 10.1. The van der Waals surface area contributed by atoms with Crippen LogP contribution in [-0.4, -0.2) is 10.2 Å². The standard InChI is InChI=1S/C27H21NO2/c1-18-26(29)16-25(17-27(18)30)28(23-12-10-19-6-2-4-8-21(19)14-23)24-13-11-20-7-3-5-9-22(20)15-24/h2-17,29-30H,1H3. The van der Waals surface area contributed by atoms with Crippen molar-refractivity contribution in [2.45, 2.75) is 6.92 Å². The minimum Gasteiger partial charge on any atom is -0.507 e. The monoisotopic (exact) mass is 391 g/mol. The number of phenols is 2. The van der Waals surface area contributed by atoms with Crippen LogP contribution in [0.2, 0.25) is 0 Å². The van der Waals surface area contributed by atoms with Crippen LogP contribution in [0.4, 0.5) is 17.1 Å². The Morgan fingerprint density at radius 1 is 0.500 bits per heavy atom. The number of hydrogen-bond donors (Lipinski definition) is 2. The highest BCUT2D eigenvalue weighted by molar-refractivity contribution is 5.92. The van der Waals surface area contributed by atoms with Gasteiger partial charge in [0.05, 0.1) is 5.69 Å². The van der Waals surface area contributed by atoms with E-state index in [-0.39, 0.29) is 11.5 Å². The molecule has 0 atom stereocenters. The molecule has 0 unspecified atom stereocenters. The summed E-state index contributed by atoms with van der Waals surface area (Å²) in [6.07, 6.45) is 0. The molecule has 0 aliphatic heterocycles. The maximum absolute atomic E-state index is 10.4. The van der Waals surface area contributed by atoms with E-state index in [0.717, 1.165) is 32.9 Å². The van der Waals surface area contributed by atoms with Gasteiger partial charge in [-0.1, -0.05) is 60.7 Å². The Hall–Kier alpha value is -3.98. The van der Waals surface area contributed by atoms with E-state index in [1.165, 1.54) is 0 Å². The molecule has 5 aromatic carbocycles. The van der Waals surface area contributed by atoms with E-state index in [1.54, 1.807) is 19.1 Å². The molecule has 0 fully saturated rings. The molecule has 3 nitrogen and oxygen atoms in total. The summed E-state index contributed by atoms with van der Waals surface area (Å²) in [6, 6.07) is 32.4. The van der Waals surface area contributed by atoms with Crippen molar-refractivity contribution < 1.29 is 10.2 Å². The van der Waals surface area contributed by atoms with Gasteiger partial charge < -0.3 is 15.1 Å². The van der Waals surface area contributed by atoms with Gasteiger partial charge in [0.2, 0.25) is 0 Å². The number of hydrogen-bond acceptors (Lipinski definition) is 3. The van der Waals surface area contributed by atoms with E-state index in [4.69, 9.17) is 0 Å². The van der Waals surface area contributed by atoms with E-state index in [1.807, 2.05) is 24.3 Å². The van der Waals surface area contributed by atoms with Crippen LogP contribution in [-0.2, 0) is 0 Å². The van der Waals surface area contributed by atoms with Gasteiger partial charge in [0.15, 0.2) is 0 Å². The van der Waals surface area contributed by atoms with Gasteiger partial charge >= 0.3 is 0 Å². The molecular formula is C27H21NO2. The Kier molecular flexibility index (Phi) is 4.29. The molecule has 0 aliphatic carbocycles. The van der Waals surface area contributed by atoms with E-state index in [9.17, 15) is 10.2 Å². The Labute approximate surface area is 175 Å². The van der Waals surface area contributed by atoms with Gasteiger partial charge in [-0.3, -0.25) is 0 Å². The molecule has 0 amide bonds. The predicted octanol–water partition coefficient (Wildman–Crippen LogP) is 7.18. The second-order valence-corrected chi connectivity index (χ2v) is 7.51. The van der Waals surface area contributed by atoms with Gasteiger partial charge in [-0.2, -0.15) is 0 Å². The molecule has 0 aliphatic rings. The van der Waals surface area contributed by atoms with E-state index in [2.05, 4.69) is 65.6 Å². The summed E-state index contributed by atoms with van der Waals surface area (Å²) in [5.74, 6) is 0.133. The fourth-order valence-electron chi connectivity index (χ4n) is 3.88. The number of rotatable bonds is 3. The maximum atomic E-state index is 10.4. The quantitative estimate of drug-likeness (QED) is 0.342. The number of anilines is 3. The van der Waals surface area contributed by atoms with Gasteiger partial charge in [-0.05, 0) is 52.7 Å². The lowest BCUT2D eigenvalue weighted by molar-refractivity contribution is 0.443. The summed E-state index contributed by atoms with van der Waals surface area (Å²) >= 11 is 0. The summed E-state index contributed by atoms with van der Waals surface area (Å²) in [5, 5.41) is 25.3. The highest BCUT2D eigenvalue weighted by atomic mass is 16.3. The zero-order valence-corrected chi connectivity index (χ0v) is 16.6. The number of phenolic OH excluding ortho intramolecular Hbond substituents is 2. The Bertz CT molecular complexity index is 1290. The SMILES string of the molecule is Cc1c(O)cc(N(c2ccc3ccccc3c2)c2ccc3ccccc3c2)cc1O. The average Bonchev–Trinajstić information content (AvgIpc) is 2.77. The second kappa shape index (κ2) is 7.12. The third kappa shape index (κ3) is 3.11. The van der Waals surface area contributed by atoms with Crippen molar-refractivity contribution in [2.24, 2.45) is 0 Å². The number of fused-ring (bicyclic) bond motifs is 2. The number of benzene rings is 5. The van der Waals surface area contributed by atoms with Crippen LogP contribution in [0.1, 0.15) is 5.56 Å². The van der Waals surface area contributed by atoms with Crippen LogP contribution in [0.25, 0.3) is 21.5 Å². The van der Waals surface area contributed by atoms with Crippen molar-refractivity contribution >= 4 is 38.6 Å². The predicted molar refractivity (Wildman–Crippen MR) is 124 cm³/mol. The van der Waals surface area contributed by atoms with Crippen molar-refractivity contribution in [3.63, 3.8) is 0 Å². The molecule has 3 heteroatoms. The van der Waals surface area contributed by atoms with Gasteiger partial charge in [-0.15, -0.1) is 0 Å². The zero-order valence-electron chi connectivity index (χ0n) is 16.6. The molecule has 0 spiro atoms. The molecule has 30 heavy (non-hydrogen) atoms. The second-order valence-electron chi connectivity index (χ2n) is 7.51. The molecule has 2 N–H and O–H groups in total. The summed E-state index contributed by atoms with van der Waals surface area (Å²) in [6.45, 7) is 1.70. The van der Waals surface area contributed by atoms with Gasteiger partial charge in [0.1, 0.15) is 11.5 Å². The summed E-state index contributed by atoms with van der Waals surface area (Å²) in [4.78, 5) is 2.05. The Morgan fingerprint density at radius 3 is 1.40 bits per heavy atom. The lowest BCUT2D eigenvalue weighted by Crippen LogP contribution is -2.10. The smallest absolute Gasteiger partial charge is 0.124 e. The van der Waals surface area contributed by atoms with E-state index in [0.29, 0.717) is 11.3 Å². The molecule has 0 saturated carbocycles. The molecule has 146 valence electrons. The summed E-state index contributed by atoms with van der Waals surface area (Å²) in [7, 11) is 0. The van der Waals surface area contributed by atoms with E-state index >= 15 is 0 Å². The largest absolute Gasteiger partial charge is 0.507 e. The highest BCUT2D eigenvalue weighted by Crippen LogP contribution is 2.41. The highest BCUT2D eigenvalue weighted by Gasteiger charge is 2.17. The van der Waals surface area contributed by atoms with Gasteiger partial charge in [0.25, 0.3) is 0 Å². The van der Waals surface area contributed by atoms with Crippen LogP contribution in [0, 0.1) is 6.92 Å². The third-order valence-corrected chi connectivity index (χ3v) is 5.58. The Morgan fingerprint density at radius 2 is 0.933 bits per heavy atom. The van der Waals surface area contributed by atoms with Crippen molar-refractivity contribution in [2.75, 3.05) is 4.90 Å². The van der Waals surface area contributed by atoms with Crippen molar-refractivity contribution in [1.29, 1.82) is 0 Å². The zero-order chi connectivity index (χ0) is 20.7. The first-order valence-electron chi connectivity index (χ1n) is 9.90. The van der Waals surface area contributed by atoms with Crippen LogP contribution in [0.5, 0.6) is 11.5 Å². The van der Waals surface area contributed by atoms with Gasteiger partial charge in [0, 0.05) is 29.1 Å². The van der Waals surface area contributed by atoms with Crippen molar-refractivity contribution in [3.05, 3.63) is 103 Å². The number of aromatic hydroxyl groups is 2.